The minimum absolute atomic E-state index is 0.209. The number of hydrogen-bond donors (Lipinski definition) is 2. The molecule has 76 valence electrons. The third-order valence-electron chi connectivity index (χ3n) is 1.64. The second-order valence-electron chi connectivity index (χ2n) is 2.61. The van der Waals surface area contributed by atoms with Gasteiger partial charge in [0.25, 0.3) is 5.91 Å². The molecule has 0 aliphatic heterocycles. The van der Waals surface area contributed by atoms with Crippen LogP contribution in [0.3, 0.4) is 0 Å². The SMILES string of the molecule is O=C(Nc1ccccc1CO)C(F)F. The zero-order chi connectivity index (χ0) is 10.6. The van der Waals surface area contributed by atoms with E-state index in [9.17, 15) is 13.6 Å². The molecule has 1 aromatic rings. The first-order valence-electron chi connectivity index (χ1n) is 3.93. The maximum Gasteiger partial charge on any atom is 0.315 e. The van der Waals surface area contributed by atoms with Gasteiger partial charge in [-0.05, 0) is 6.07 Å². The molecule has 0 radical (unpaired) electrons. The van der Waals surface area contributed by atoms with Gasteiger partial charge in [-0.15, -0.1) is 0 Å². The zero-order valence-electron chi connectivity index (χ0n) is 7.21. The van der Waals surface area contributed by atoms with Crippen molar-refractivity contribution in [2.45, 2.75) is 13.0 Å². The van der Waals surface area contributed by atoms with Crippen LogP contribution >= 0.6 is 0 Å². The Labute approximate surface area is 79.4 Å². The lowest BCUT2D eigenvalue weighted by Gasteiger charge is -2.08. The summed E-state index contributed by atoms with van der Waals surface area (Å²) in [7, 11) is 0. The number of aliphatic hydroxyl groups is 1. The van der Waals surface area contributed by atoms with Crippen LogP contribution < -0.4 is 5.32 Å². The number of rotatable bonds is 3. The fourth-order valence-electron chi connectivity index (χ4n) is 0.967. The molecule has 0 aliphatic rings. The molecule has 0 fully saturated rings. The van der Waals surface area contributed by atoms with E-state index in [0.717, 1.165) is 0 Å². The van der Waals surface area contributed by atoms with Crippen molar-refractivity contribution in [2.24, 2.45) is 0 Å². The maximum absolute atomic E-state index is 11.9. The van der Waals surface area contributed by atoms with Gasteiger partial charge < -0.3 is 10.4 Å². The molecule has 0 saturated heterocycles. The number of anilines is 1. The van der Waals surface area contributed by atoms with Crippen LogP contribution in [0.4, 0.5) is 14.5 Å². The van der Waals surface area contributed by atoms with Crippen molar-refractivity contribution in [3.63, 3.8) is 0 Å². The minimum Gasteiger partial charge on any atom is -0.392 e. The van der Waals surface area contributed by atoms with Gasteiger partial charge in [-0.1, -0.05) is 18.2 Å². The molecule has 1 aromatic carbocycles. The molecular formula is C9H9F2NO2. The van der Waals surface area contributed by atoms with Gasteiger partial charge in [0.2, 0.25) is 0 Å². The Morgan fingerprint density at radius 3 is 2.64 bits per heavy atom. The van der Waals surface area contributed by atoms with Gasteiger partial charge in [-0.3, -0.25) is 4.79 Å². The van der Waals surface area contributed by atoms with Gasteiger partial charge in [-0.25, -0.2) is 0 Å². The number of aliphatic hydroxyl groups excluding tert-OH is 1. The zero-order valence-corrected chi connectivity index (χ0v) is 7.21. The molecule has 5 heteroatoms. The number of alkyl halides is 2. The second kappa shape index (κ2) is 4.66. The van der Waals surface area contributed by atoms with Crippen LogP contribution in [-0.2, 0) is 11.4 Å². The average molecular weight is 201 g/mol. The molecule has 0 heterocycles. The van der Waals surface area contributed by atoms with E-state index in [1.807, 2.05) is 5.32 Å². The summed E-state index contributed by atoms with van der Waals surface area (Å²) >= 11 is 0. The van der Waals surface area contributed by atoms with E-state index in [0.29, 0.717) is 5.56 Å². The van der Waals surface area contributed by atoms with E-state index in [1.165, 1.54) is 6.07 Å². The Hall–Kier alpha value is -1.49. The Balaban J connectivity index is 2.80. The van der Waals surface area contributed by atoms with Crippen LogP contribution in [0.5, 0.6) is 0 Å². The van der Waals surface area contributed by atoms with E-state index in [4.69, 9.17) is 5.11 Å². The van der Waals surface area contributed by atoms with Gasteiger partial charge in [0.15, 0.2) is 0 Å². The first-order chi connectivity index (χ1) is 6.65. The summed E-state index contributed by atoms with van der Waals surface area (Å²) in [6, 6.07) is 6.22. The van der Waals surface area contributed by atoms with Gasteiger partial charge in [-0.2, -0.15) is 8.78 Å². The third-order valence-corrected chi connectivity index (χ3v) is 1.64. The standard InChI is InChI=1S/C9H9F2NO2/c10-8(11)9(14)12-7-4-2-1-3-6(7)5-13/h1-4,8,13H,5H2,(H,12,14). The Bertz CT molecular complexity index is 328. The lowest BCUT2D eigenvalue weighted by Crippen LogP contribution is -2.20. The number of nitrogens with one attached hydrogen (secondary N) is 1. The summed E-state index contributed by atoms with van der Waals surface area (Å²) in [5.74, 6) is -1.37. The molecule has 0 bridgehead atoms. The summed E-state index contributed by atoms with van der Waals surface area (Å²) in [6.45, 7) is -0.306. The molecule has 0 aromatic heterocycles. The number of halogens is 2. The van der Waals surface area contributed by atoms with Crippen molar-refractivity contribution in [1.29, 1.82) is 0 Å². The smallest absolute Gasteiger partial charge is 0.315 e. The normalized spacial score (nSPS) is 10.3. The maximum atomic E-state index is 11.9. The minimum atomic E-state index is -3.05. The van der Waals surface area contributed by atoms with Crippen LogP contribution in [-0.4, -0.2) is 17.4 Å². The highest BCUT2D eigenvalue weighted by Crippen LogP contribution is 2.15. The molecule has 0 atom stereocenters. The largest absolute Gasteiger partial charge is 0.392 e. The number of para-hydroxylation sites is 1. The Kier molecular flexibility index (Phi) is 3.53. The lowest BCUT2D eigenvalue weighted by atomic mass is 10.2. The van der Waals surface area contributed by atoms with Crippen LogP contribution in [0.2, 0.25) is 0 Å². The van der Waals surface area contributed by atoms with Crippen molar-refractivity contribution in [3.8, 4) is 0 Å². The molecule has 1 rings (SSSR count). The number of benzene rings is 1. The summed E-state index contributed by atoms with van der Waals surface area (Å²) in [6.07, 6.45) is -3.05. The summed E-state index contributed by atoms with van der Waals surface area (Å²) in [5, 5.41) is 10.8. The number of hydrogen-bond acceptors (Lipinski definition) is 2. The van der Waals surface area contributed by atoms with E-state index >= 15 is 0 Å². The van der Waals surface area contributed by atoms with E-state index in [1.54, 1.807) is 18.2 Å². The fraction of sp³-hybridized carbons (Fsp3) is 0.222. The van der Waals surface area contributed by atoms with Crippen molar-refractivity contribution >= 4 is 11.6 Å². The molecule has 0 saturated carbocycles. The first kappa shape index (κ1) is 10.6. The lowest BCUT2D eigenvalue weighted by molar-refractivity contribution is -0.126. The van der Waals surface area contributed by atoms with Gasteiger partial charge >= 0.3 is 6.43 Å². The molecule has 14 heavy (non-hydrogen) atoms. The fourth-order valence-corrected chi connectivity index (χ4v) is 0.967. The van der Waals surface area contributed by atoms with Crippen molar-refractivity contribution in [2.75, 3.05) is 5.32 Å². The van der Waals surface area contributed by atoms with E-state index in [-0.39, 0.29) is 12.3 Å². The molecule has 0 aliphatic carbocycles. The molecule has 0 unspecified atom stereocenters. The third kappa shape index (κ3) is 2.50. The Morgan fingerprint density at radius 1 is 1.43 bits per heavy atom. The van der Waals surface area contributed by atoms with Crippen LogP contribution in [0.25, 0.3) is 0 Å². The van der Waals surface area contributed by atoms with Crippen LogP contribution in [0.15, 0.2) is 24.3 Å². The molecule has 3 nitrogen and oxygen atoms in total. The summed E-state index contributed by atoms with van der Waals surface area (Å²) < 4.78 is 23.8. The first-order valence-corrected chi connectivity index (χ1v) is 3.93. The highest BCUT2D eigenvalue weighted by Gasteiger charge is 2.15. The topological polar surface area (TPSA) is 49.3 Å². The number of carbonyl (C=O) groups is 1. The number of amides is 1. The van der Waals surface area contributed by atoms with Gasteiger partial charge in [0.05, 0.1) is 6.61 Å². The summed E-state index contributed by atoms with van der Waals surface area (Å²) in [5.41, 5.74) is 0.613. The predicted octanol–water partition coefficient (Wildman–Crippen LogP) is 1.38. The quantitative estimate of drug-likeness (QED) is 0.776. The van der Waals surface area contributed by atoms with Crippen LogP contribution in [0, 0.1) is 0 Å². The highest BCUT2D eigenvalue weighted by molar-refractivity contribution is 5.93. The van der Waals surface area contributed by atoms with Gasteiger partial charge in [0, 0.05) is 11.3 Å². The van der Waals surface area contributed by atoms with Crippen molar-refractivity contribution in [3.05, 3.63) is 29.8 Å². The van der Waals surface area contributed by atoms with Crippen LogP contribution in [0.1, 0.15) is 5.56 Å². The second-order valence-corrected chi connectivity index (χ2v) is 2.61. The highest BCUT2D eigenvalue weighted by atomic mass is 19.3. The monoisotopic (exact) mass is 201 g/mol. The predicted molar refractivity (Wildman–Crippen MR) is 47.0 cm³/mol. The molecule has 0 spiro atoms. The Morgan fingerprint density at radius 2 is 2.07 bits per heavy atom. The molecule has 1 amide bonds. The molecular weight excluding hydrogens is 192 g/mol. The van der Waals surface area contributed by atoms with Gasteiger partial charge in [0.1, 0.15) is 0 Å². The number of carbonyl (C=O) groups excluding carboxylic acids is 1. The van der Waals surface area contributed by atoms with E-state index < -0.39 is 12.3 Å². The van der Waals surface area contributed by atoms with Crippen molar-refractivity contribution < 1.29 is 18.7 Å². The van der Waals surface area contributed by atoms with E-state index in [2.05, 4.69) is 0 Å². The molecule has 2 N–H and O–H groups in total. The summed E-state index contributed by atoms with van der Waals surface area (Å²) in [4.78, 5) is 10.6. The average Bonchev–Trinajstić information content (AvgIpc) is 2.18. The van der Waals surface area contributed by atoms with Crippen molar-refractivity contribution in [1.82, 2.24) is 0 Å².